The number of aliphatic hydroxyl groups excluding tert-OH is 3. The van der Waals surface area contributed by atoms with Crippen molar-refractivity contribution in [3.05, 3.63) is 0 Å². The fourth-order valence-corrected chi connectivity index (χ4v) is 11.1. The summed E-state index contributed by atoms with van der Waals surface area (Å²) < 4.78 is 5.04. The summed E-state index contributed by atoms with van der Waals surface area (Å²) in [6.07, 6.45) is 10.5. The normalized spacial score (nSPS) is 14.6. The summed E-state index contributed by atoms with van der Waals surface area (Å²) in [5.41, 5.74) is 0. The van der Waals surface area contributed by atoms with Gasteiger partial charge in [-0.3, -0.25) is 4.79 Å². The molecule has 0 heterocycles. The van der Waals surface area contributed by atoms with Crippen LogP contribution in [0, 0.1) is 23.7 Å². The largest absolute Gasteiger partial charge is 2.00 e. The average molecular weight is 936 g/mol. The molecule has 0 rings (SSSR count). The number of aliphatic carboxylic acids is 4. The molecule has 296 valence electrons. The van der Waals surface area contributed by atoms with Crippen LogP contribution in [0.25, 0.3) is 0 Å². The predicted molar refractivity (Wildman–Crippen MR) is 175 cm³/mol. The summed E-state index contributed by atoms with van der Waals surface area (Å²) in [5.74, 6) is -6.77. The molecule has 0 aromatic carbocycles. The first-order valence-corrected chi connectivity index (χ1v) is 20.8. The van der Waals surface area contributed by atoms with Gasteiger partial charge >= 0.3 is 46.8 Å². The maximum Gasteiger partial charge on any atom is 2.00 e. The van der Waals surface area contributed by atoms with Gasteiger partial charge in [-0.1, -0.05) is 0 Å². The van der Waals surface area contributed by atoms with Gasteiger partial charge in [0.1, 0.15) is 0 Å². The molecule has 0 saturated heterocycles. The molecule has 5 unspecified atom stereocenters. The second kappa shape index (κ2) is 34.2. The van der Waals surface area contributed by atoms with Crippen molar-refractivity contribution in [2.24, 2.45) is 23.7 Å². The van der Waals surface area contributed by atoms with Crippen molar-refractivity contribution in [1.82, 2.24) is 0 Å². The Kier molecular flexibility index (Phi) is 36.8. The molecule has 0 aliphatic heterocycles. The summed E-state index contributed by atoms with van der Waals surface area (Å²) in [6, 6.07) is 0. The number of ether oxygens (including phenoxy) is 1. The molecule has 0 fully saturated rings. The molecule has 0 aromatic rings. The predicted octanol–water partition coefficient (Wildman–Crippen LogP) is -0.979. The first kappa shape index (κ1) is 53.8. The van der Waals surface area contributed by atoms with Crippen LogP contribution < -0.4 is 20.4 Å². The van der Waals surface area contributed by atoms with Gasteiger partial charge in [0.2, 0.25) is 0 Å². The average Bonchev–Trinajstić information content (AvgIpc) is 3.00. The summed E-state index contributed by atoms with van der Waals surface area (Å²) >= 11 is 0. The smallest absolute Gasteiger partial charge is 0.550 e. The molecule has 3 N–H and O–H groups in total. The second-order valence-corrected chi connectivity index (χ2v) is 18.1. The van der Waals surface area contributed by atoms with E-state index in [1.807, 2.05) is 0 Å². The van der Waals surface area contributed by atoms with E-state index in [0.717, 1.165) is 69.1 Å². The van der Waals surface area contributed by atoms with Crippen LogP contribution in [0.4, 0.5) is 0 Å². The van der Waals surface area contributed by atoms with Crippen molar-refractivity contribution >= 4 is 45.7 Å². The van der Waals surface area contributed by atoms with E-state index in [1.54, 1.807) is 0 Å². The summed E-state index contributed by atoms with van der Waals surface area (Å²) in [7, 11) is -0.996. The Labute approximate surface area is 326 Å². The number of carboxylic acid groups (broad SMARTS) is 4. The molecule has 17 heteroatoms. The number of carbonyl (C=O) groups excluding carboxylic acids is 5. The van der Waals surface area contributed by atoms with Crippen LogP contribution in [0.15, 0.2) is 0 Å². The second-order valence-electron chi connectivity index (χ2n) is 12.7. The number of carboxylic acids is 4. The molecule has 0 aliphatic carbocycles. The molecule has 0 spiro atoms. The SMILES string of the molecule is CC(=O)OCC(CCCP(CCCC(CO)CC(=O)[O-])CCCP(CCCC(CO)CC(=O)[O-])CCCC(CO)CC(=O)[O-])CC(=O)[O-].[Pd+2].[Pd+2]. The Morgan fingerprint density at radius 2 is 0.760 bits per heavy atom. The number of esters is 1. The number of hydrogen-bond acceptors (Lipinski definition) is 13. The van der Waals surface area contributed by atoms with Crippen molar-refractivity contribution in [2.75, 3.05) is 63.4 Å². The fraction of sp³-hybridized carbons (Fsp3) is 0.848. The molecule has 0 radical (unpaired) electrons. The molecule has 5 atom stereocenters. The number of aliphatic hydroxyl groups is 3. The van der Waals surface area contributed by atoms with E-state index in [1.165, 1.54) is 6.92 Å². The first-order chi connectivity index (χ1) is 22.8. The van der Waals surface area contributed by atoms with Crippen LogP contribution >= 0.6 is 15.8 Å². The van der Waals surface area contributed by atoms with Crippen LogP contribution in [0.2, 0.25) is 0 Å². The van der Waals surface area contributed by atoms with Crippen molar-refractivity contribution in [3.8, 4) is 0 Å². The van der Waals surface area contributed by atoms with Gasteiger partial charge in [0.05, 0.1) is 6.61 Å². The zero-order chi connectivity index (χ0) is 36.3. The van der Waals surface area contributed by atoms with Gasteiger partial charge < -0.3 is 59.7 Å². The molecule has 0 bridgehead atoms. The topological polar surface area (TPSA) is 248 Å². The molecule has 0 aromatic heterocycles. The quantitative estimate of drug-likeness (QED) is 0.0408. The Hall–Kier alpha value is -0.585. The molecule has 13 nitrogen and oxygen atoms in total. The molecular weight excluding hydrogens is 879 g/mol. The van der Waals surface area contributed by atoms with Gasteiger partial charge in [0.15, 0.2) is 0 Å². The third kappa shape index (κ3) is 32.1. The van der Waals surface area contributed by atoms with Crippen LogP contribution in [0.1, 0.15) is 90.4 Å². The molecule has 0 amide bonds. The summed E-state index contributed by atoms with van der Waals surface area (Å²) in [6.45, 7) is 0.566. The van der Waals surface area contributed by atoms with E-state index in [4.69, 9.17) is 4.74 Å². The fourth-order valence-electron chi connectivity index (χ4n) is 5.80. The van der Waals surface area contributed by atoms with E-state index in [-0.39, 0.29) is 117 Å². The Morgan fingerprint density at radius 1 is 0.500 bits per heavy atom. The molecule has 0 aliphatic rings. The summed E-state index contributed by atoms with van der Waals surface area (Å²) in [5, 5.41) is 72.9. The zero-order valence-corrected chi connectivity index (χ0v) is 33.9. The van der Waals surface area contributed by atoms with E-state index < -0.39 is 45.7 Å². The van der Waals surface area contributed by atoms with Gasteiger partial charge in [-0.2, -0.15) is 0 Å². The monoisotopic (exact) mass is 934 g/mol. The van der Waals surface area contributed by atoms with E-state index in [9.17, 15) is 59.7 Å². The van der Waals surface area contributed by atoms with E-state index in [2.05, 4.69) is 0 Å². The van der Waals surface area contributed by atoms with Crippen LogP contribution in [-0.4, -0.2) is 109 Å². The van der Waals surface area contributed by atoms with Gasteiger partial charge in [-0.25, -0.2) is 0 Å². The molecule has 0 saturated carbocycles. The maximum atomic E-state index is 11.3. The van der Waals surface area contributed by atoms with Crippen molar-refractivity contribution in [2.45, 2.75) is 90.4 Å². The van der Waals surface area contributed by atoms with Crippen LogP contribution in [0.3, 0.4) is 0 Å². The van der Waals surface area contributed by atoms with E-state index >= 15 is 0 Å². The number of hydrogen-bond donors (Lipinski definition) is 3. The van der Waals surface area contributed by atoms with Gasteiger partial charge in [0, 0.05) is 50.6 Å². The minimum atomic E-state index is -1.21. The maximum absolute atomic E-state index is 11.3. The third-order valence-electron chi connectivity index (χ3n) is 8.41. The minimum Gasteiger partial charge on any atom is -0.550 e. The standard InChI is InChI=1S/C33H60O13P2.2Pd/c1-25(37)46-24-29(20-33(44)45)10-5-14-48(13-4-9-28(23-36)19-32(42)43)16-6-15-47(11-2-7-26(21-34)17-30(38)39)12-3-8-27(22-35)18-31(40)41;;/h26-29,34-36H,2-24H2,1H3,(H,38,39)(H,40,41)(H,42,43)(H,44,45);;/q;2*+2/p-4. The van der Waals surface area contributed by atoms with Crippen molar-refractivity contribution in [3.63, 3.8) is 0 Å². The molecule has 50 heavy (non-hydrogen) atoms. The van der Waals surface area contributed by atoms with E-state index in [0.29, 0.717) is 25.7 Å². The summed E-state index contributed by atoms with van der Waals surface area (Å²) in [4.78, 5) is 55.5. The van der Waals surface area contributed by atoms with Crippen molar-refractivity contribution in [1.29, 1.82) is 0 Å². The number of rotatable bonds is 33. The Morgan fingerprint density at radius 3 is 1.02 bits per heavy atom. The minimum absolute atomic E-state index is 0. The first-order valence-electron chi connectivity index (χ1n) is 17.0. The van der Waals surface area contributed by atoms with Gasteiger partial charge in [-0.05, 0) is 144 Å². The zero-order valence-electron chi connectivity index (χ0n) is 29.0. The third-order valence-corrected chi connectivity index (χ3v) is 14.1. The van der Waals surface area contributed by atoms with Gasteiger partial charge in [0.25, 0.3) is 0 Å². The van der Waals surface area contributed by atoms with Crippen molar-refractivity contribution < 1.29 is 105 Å². The van der Waals surface area contributed by atoms with Crippen LogP contribution in [0.5, 0.6) is 0 Å². The number of carbonyl (C=O) groups is 5. The van der Waals surface area contributed by atoms with Crippen LogP contribution in [-0.2, 0) is 69.6 Å². The van der Waals surface area contributed by atoms with Gasteiger partial charge in [-0.15, -0.1) is 15.8 Å². The Bertz CT molecular complexity index is 902. The Balaban J connectivity index is -0.0000110. The molecular formula is C33H56O13P2Pd2.